The summed E-state index contributed by atoms with van der Waals surface area (Å²) in [6, 6.07) is 9.93. The van der Waals surface area contributed by atoms with Gasteiger partial charge in [-0.1, -0.05) is 25.8 Å². The highest BCUT2D eigenvalue weighted by Gasteiger charge is 2.22. The van der Waals surface area contributed by atoms with Gasteiger partial charge in [0.1, 0.15) is 0 Å². The summed E-state index contributed by atoms with van der Waals surface area (Å²) in [6.45, 7) is 5.89. The molecule has 2 aromatic heterocycles. The summed E-state index contributed by atoms with van der Waals surface area (Å²) in [5.74, 6) is 0.561. The molecule has 3 aromatic rings. The molecule has 1 aliphatic heterocycles. The van der Waals surface area contributed by atoms with E-state index >= 15 is 0 Å². The zero-order valence-corrected chi connectivity index (χ0v) is 17.4. The molecule has 2 N–H and O–H groups in total. The second-order valence-electron chi connectivity index (χ2n) is 7.76. The van der Waals surface area contributed by atoms with Crippen molar-refractivity contribution < 1.29 is 4.79 Å². The number of hydrogen-bond donors (Lipinski definition) is 2. The van der Waals surface area contributed by atoms with E-state index in [4.69, 9.17) is 0 Å². The lowest BCUT2D eigenvalue weighted by Crippen LogP contribution is -2.33. The molecule has 0 radical (unpaired) electrons. The van der Waals surface area contributed by atoms with Crippen LogP contribution >= 0.6 is 11.3 Å². The lowest BCUT2D eigenvalue weighted by Gasteiger charge is -2.32. The number of rotatable bonds is 7. The van der Waals surface area contributed by atoms with E-state index in [0.29, 0.717) is 5.92 Å². The molecule has 0 bridgehead atoms. The Kier molecular flexibility index (Phi) is 6.13. The van der Waals surface area contributed by atoms with Crippen molar-refractivity contribution in [2.24, 2.45) is 0 Å². The van der Waals surface area contributed by atoms with Crippen molar-refractivity contribution in [3.05, 3.63) is 52.3 Å². The van der Waals surface area contributed by atoms with E-state index < -0.39 is 0 Å². The lowest BCUT2D eigenvalue weighted by atomic mass is 9.89. The number of thiophene rings is 1. The van der Waals surface area contributed by atoms with Crippen LogP contribution in [0.1, 0.15) is 60.2 Å². The molecule has 0 saturated carbocycles. The fourth-order valence-corrected chi connectivity index (χ4v) is 4.83. The van der Waals surface area contributed by atoms with Gasteiger partial charge in [-0.3, -0.25) is 4.79 Å². The number of aromatic nitrogens is 1. The topological polar surface area (TPSA) is 48.1 Å². The number of benzene rings is 1. The minimum Gasteiger partial charge on any atom is -0.361 e. The van der Waals surface area contributed by atoms with Gasteiger partial charge in [-0.05, 0) is 80.0 Å². The molecule has 1 amide bonds. The maximum atomic E-state index is 12.4. The van der Waals surface area contributed by atoms with Crippen molar-refractivity contribution in [2.75, 3.05) is 25.0 Å². The van der Waals surface area contributed by atoms with E-state index in [9.17, 15) is 4.79 Å². The Labute approximate surface area is 170 Å². The maximum Gasteiger partial charge on any atom is 0.265 e. The lowest BCUT2D eigenvalue weighted by molar-refractivity contribution is 0.103. The number of amides is 1. The van der Waals surface area contributed by atoms with Crippen molar-refractivity contribution in [1.29, 1.82) is 0 Å². The van der Waals surface area contributed by atoms with Crippen LogP contribution in [0.15, 0.2) is 41.9 Å². The van der Waals surface area contributed by atoms with Gasteiger partial charge >= 0.3 is 0 Å². The molecular formula is C23H29N3OS. The molecule has 5 heteroatoms. The van der Waals surface area contributed by atoms with Gasteiger partial charge in [-0.2, -0.15) is 0 Å². The molecule has 1 aromatic carbocycles. The SMILES string of the molecule is CCCCCN1CCC(c2c[nH]c3ccc(NC(=O)c4cccs4)cc23)CC1. The van der Waals surface area contributed by atoms with Gasteiger partial charge in [0.15, 0.2) is 0 Å². The van der Waals surface area contributed by atoms with Gasteiger partial charge in [0.25, 0.3) is 5.91 Å². The number of fused-ring (bicyclic) bond motifs is 1. The Balaban J connectivity index is 1.44. The molecule has 0 atom stereocenters. The molecule has 0 spiro atoms. The number of nitrogens with one attached hydrogen (secondary N) is 2. The molecule has 3 heterocycles. The Bertz CT molecular complexity index is 907. The first-order valence-corrected chi connectivity index (χ1v) is 11.3. The predicted molar refractivity (Wildman–Crippen MR) is 119 cm³/mol. The normalized spacial score (nSPS) is 15.9. The number of H-pyrrole nitrogens is 1. The van der Waals surface area contributed by atoms with E-state index in [1.54, 1.807) is 0 Å². The summed E-state index contributed by atoms with van der Waals surface area (Å²) < 4.78 is 0. The van der Waals surface area contributed by atoms with Gasteiger partial charge in [0, 0.05) is 22.8 Å². The first-order valence-electron chi connectivity index (χ1n) is 10.4. The molecule has 28 heavy (non-hydrogen) atoms. The van der Waals surface area contributed by atoms with E-state index in [-0.39, 0.29) is 5.91 Å². The third-order valence-corrected chi connectivity index (χ3v) is 6.69. The molecule has 1 aliphatic rings. The highest BCUT2D eigenvalue weighted by molar-refractivity contribution is 7.12. The monoisotopic (exact) mass is 395 g/mol. The van der Waals surface area contributed by atoms with Crippen LogP contribution < -0.4 is 5.32 Å². The molecule has 148 valence electrons. The Morgan fingerprint density at radius 1 is 1.25 bits per heavy atom. The first-order chi connectivity index (χ1) is 13.7. The average molecular weight is 396 g/mol. The fraction of sp³-hybridized carbons (Fsp3) is 0.435. The van der Waals surface area contributed by atoms with E-state index in [1.165, 1.54) is 74.0 Å². The highest BCUT2D eigenvalue weighted by Crippen LogP contribution is 2.34. The molecule has 4 nitrogen and oxygen atoms in total. The third-order valence-electron chi connectivity index (χ3n) is 5.82. The number of nitrogens with zero attached hydrogens (tertiary/aromatic N) is 1. The largest absolute Gasteiger partial charge is 0.361 e. The average Bonchev–Trinajstić information content (AvgIpc) is 3.39. The Morgan fingerprint density at radius 2 is 2.11 bits per heavy atom. The number of likely N-dealkylation sites (tertiary alicyclic amines) is 1. The minimum atomic E-state index is -0.0353. The molecule has 4 rings (SSSR count). The second-order valence-corrected chi connectivity index (χ2v) is 8.71. The van der Waals surface area contributed by atoms with Crippen molar-refractivity contribution in [3.63, 3.8) is 0 Å². The second kappa shape index (κ2) is 8.93. The molecule has 0 unspecified atom stereocenters. The van der Waals surface area contributed by atoms with Crippen molar-refractivity contribution in [3.8, 4) is 0 Å². The van der Waals surface area contributed by atoms with Crippen molar-refractivity contribution in [2.45, 2.75) is 44.9 Å². The fourth-order valence-electron chi connectivity index (χ4n) is 4.21. The molecular weight excluding hydrogens is 366 g/mol. The Hall–Kier alpha value is -2.11. The van der Waals surface area contributed by atoms with Gasteiger partial charge in [0.05, 0.1) is 4.88 Å². The molecule has 1 fully saturated rings. The number of unbranched alkanes of at least 4 members (excludes halogenated alkanes) is 2. The molecule has 0 aliphatic carbocycles. The number of anilines is 1. The molecule has 1 saturated heterocycles. The third kappa shape index (κ3) is 4.31. The summed E-state index contributed by atoms with van der Waals surface area (Å²) in [5, 5.41) is 6.21. The van der Waals surface area contributed by atoms with E-state index in [1.807, 2.05) is 23.6 Å². The van der Waals surface area contributed by atoms with Gasteiger partial charge in [-0.25, -0.2) is 0 Å². The van der Waals surface area contributed by atoms with Crippen LogP contribution in [-0.2, 0) is 0 Å². The van der Waals surface area contributed by atoms with Gasteiger partial charge in [0.2, 0.25) is 0 Å². The summed E-state index contributed by atoms with van der Waals surface area (Å²) >= 11 is 1.47. The number of piperidine rings is 1. The minimum absolute atomic E-state index is 0.0353. The smallest absolute Gasteiger partial charge is 0.265 e. The first kappa shape index (κ1) is 19.2. The maximum absolute atomic E-state index is 12.4. The van der Waals surface area contributed by atoms with Crippen LogP contribution in [0, 0.1) is 0 Å². The summed E-state index contributed by atoms with van der Waals surface area (Å²) in [7, 11) is 0. The van der Waals surface area contributed by atoms with Crippen LogP contribution in [0.5, 0.6) is 0 Å². The van der Waals surface area contributed by atoms with Gasteiger partial charge < -0.3 is 15.2 Å². The van der Waals surface area contributed by atoms with Crippen LogP contribution in [0.3, 0.4) is 0 Å². The number of aromatic amines is 1. The van der Waals surface area contributed by atoms with Crippen LogP contribution in [-0.4, -0.2) is 35.4 Å². The zero-order valence-electron chi connectivity index (χ0n) is 16.5. The van der Waals surface area contributed by atoms with E-state index in [2.05, 4.69) is 40.5 Å². The number of carbonyl (C=O) groups is 1. The van der Waals surface area contributed by atoms with Crippen LogP contribution in [0.2, 0.25) is 0 Å². The summed E-state index contributed by atoms with van der Waals surface area (Å²) in [4.78, 5) is 19.1. The van der Waals surface area contributed by atoms with Crippen LogP contribution in [0.25, 0.3) is 10.9 Å². The van der Waals surface area contributed by atoms with Crippen molar-refractivity contribution >= 4 is 33.8 Å². The van der Waals surface area contributed by atoms with Crippen molar-refractivity contribution in [1.82, 2.24) is 9.88 Å². The standard InChI is InChI=1S/C23H29N3OS/c1-2-3-4-11-26-12-9-17(10-13-26)20-16-24-21-8-7-18(15-19(20)21)25-23(27)22-6-5-14-28-22/h5-8,14-17,24H,2-4,9-13H2,1H3,(H,25,27). The van der Waals surface area contributed by atoms with Gasteiger partial charge in [-0.15, -0.1) is 11.3 Å². The van der Waals surface area contributed by atoms with E-state index in [0.717, 1.165) is 16.1 Å². The quantitative estimate of drug-likeness (QED) is 0.493. The summed E-state index contributed by atoms with van der Waals surface area (Å²) in [5.41, 5.74) is 3.41. The zero-order chi connectivity index (χ0) is 19.3. The predicted octanol–water partition coefficient (Wildman–Crippen LogP) is 5.85. The number of carbonyl (C=O) groups excluding carboxylic acids is 1. The highest BCUT2D eigenvalue weighted by atomic mass is 32.1. The Morgan fingerprint density at radius 3 is 2.86 bits per heavy atom. The van der Waals surface area contributed by atoms with Crippen LogP contribution in [0.4, 0.5) is 5.69 Å². The number of hydrogen-bond acceptors (Lipinski definition) is 3. The summed E-state index contributed by atoms with van der Waals surface area (Å²) in [6.07, 6.45) is 8.55.